The Balaban J connectivity index is 2.55. The first-order valence-corrected chi connectivity index (χ1v) is 9.64. The van der Waals surface area contributed by atoms with Crippen LogP contribution in [0.15, 0.2) is 36.4 Å². The van der Waals surface area contributed by atoms with Gasteiger partial charge in [0, 0.05) is 18.5 Å². The highest BCUT2D eigenvalue weighted by atomic mass is 16.5. The van der Waals surface area contributed by atoms with Crippen LogP contribution in [0.25, 0.3) is 0 Å². The van der Waals surface area contributed by atoms with Crippen LogP contribution in [0.4, 0.5) is 0 Å². The molecule has 3 heteroatoms. The Morgan fingerprint density at radius 2 is 2.04 bits per heavy atom. The van der Waals surface area contributed by atoms with Crippen LogP contribution >= 0.6 is 0 Å². The van der Waals surface area contributed by atoms with Gasteiger partial charge in [0.2, 0.25) is 0 Å². The normalized spacial score (nSPS) is 12.9. The lowest BCUT2D eigenvalue weighted by molar-refractivity contribution is 0.0993. The van der Waals surface area contributed by atoms with E-state index in [1.54, 1.807) is 0 Å². The summed E-state index contributed by atoms with van der Waals surface area (Å²) in [4.78, 5) is 2.35. The van der Waals surface area contributed by atoms with Crippen LogP contribution in [0.1, 0.15) is 53.0 Å². The summed E-state index contributed by atoms with van der Waals surface area (Å²) in [6.45, 7) is 13.6. The number of hydrogen-bond donors (Lipinski definition) is 1. The average Bonchev–Trinajstić information content (AvgIpc) is 2.58. The van der Waals surface area contributed by atoms with E-state index in [1.807, 2.05) is 18.2 Å². The predicted octanol–water partition coefficient (Wildman–Crippen LogP) is 4.65. The maximum Gasteiger partial charge on any atom is 0.119 e. The van der Waals surface area contributed by atoms with E-state index in [2.05, 4.69) is 69.6 Å². The van der Waals surface area contributed by atoms with Crippen LogP contribution in [-0.2, 0) is 6.54 Å². The molecule has 3 nitrogen and oxygen atoms in total. The summed E-state index contributed by atoms with van der Waals surface area (Å²) in [7, 11) is 0. The van der Waals surface area contributed by atoms with E-state index in [1.165, 1.54) is 5.56 Å². The molecule has 0 amide bonds. The minimum Gasteiger partial charge on any atom is -0.491 e. The Labute approximate surface area is 160 Å². The maximum atomic E-state index is 9.80. The molecule has 0 heterocycles. The van der Waals surface area contributed by atoms with Crippen molar-refractivity contribution in [2.75, 3.05) is 19.7 Å². The molecule has 0 bridgehead atoms. The Morgan fingerprint density at radius 1 is 1.27 bits per heavy atom. The molecule has 0 spiro atoms. The molecule has 1 aromatic rings. The highest BCUT2D eigenvalue weighted by Gasteiger charge is 2.06. The largest absolute Gasteiger partial charge is 0.491 e. The Morgan fingerprint density at radius 3 is 2.69 bits per heavy atom. The third kappa shape index (κ3) is 10.3. The van der Waals surface area contributed by atoms with Crippen LogP contribution in [0.5, 0.6) is 5.75 Å². The second-order valence-electron chi connectivity index (χ2n) is 7.65. The fourth-order valence-corrected chi connectivity index (χ4v) is 2.43. The van der Waals surface area contributed by atoms with Gasteiger partial charge in [-0.2, -0.15) is 0 Å². The third-order valence-electron chi connectivity index (χ3n) is 3.83. The fraction of sp³-hybridized carbons (Fsp3) is 0.565. The molecular formula is C23H35NO2. The molecule has 0 aliphatic carbocycles. The molecule has 0 radical (unpaired) electrons. The van der Waals surface area contributed by atoms with Gasteiger partial charge in [0.05, 0.1) is 6.10 Å². The molecule has 0 saturated carbocycles. The lowest BCUT2D eigenvalue weighted by atomic mass is 9.98. The van der Waals surface area contributed by atoms with Crippen LogP contribution in [0.3, 0.4) is 0 Å². The van der Waals surface area contributed by atoms with Gasteiger partial charge in [0.25, 0.3) is 0 Å². The number of rotatable bonds is 10. The average molecular weight is 358 g/mol. The molecule has 1 N–H and O–H groups in total. The van der Waals surface area contributed by atoms with Gasteiger partial charge in [-0.3, -0.25) is 4.90 Å². The van der Waals surface area contributed by atoms with Crippen molar-refractivity contribution in [3.05, 3.63) is 42.0 Å². The van der Waals surface area contributed by atoms with Crippen molar-refractivity contribution in [2.24, 2.45) is 5.41 Å². The van der Waals surface area contributed by atoms with Crippen molar-refractivity contribution in [3.8, 4) is 17.6 Å². The van der Waals surface area contributed by atoms with Crippen molar-refractivity contribution < 1.29 is 9.84 Å². The first-order chi connectivity index (χ1) is 12.3. The quantitative estimate of drug-likeness (QED) is 0.619. The molecule has 0 aliphatic heterocycles. The summed E-state index contributed by atoms with van der Waals surface area (Å²) in [5, 5.41) is 9.80. The second-order valence-corrected chi connectivity index (χ2v) is 7.65. The number of aliphatic hydroxyl groups is 1. The van der Waals surface area contributed by atoms with Crippen molar-refractivity contribution in [1.29, 1.82) is 0 Å². The monoisotopic (exact) mass is 357 g/mol. The summed E-state index contributed by atoms with van der Waals surface area (Å²) < 4.78 is 5.72. The number of likely N-dealkylation sites (N-methyl/N-ethyl adjacent to an activating group) is 1. The standard InChI is InChI=1S/C23H35NO2/c1-6-12-21(25)19-26-22-14-11-13-20(17-22)18-24(7-2)16-10-8-9-15-23(3,4)5/h8,10-11,13-14,17,21,25H,6-7,12,16,18-19H2,1-5H3/b10-8+. The van der Waals surface area contributed by atoms with Gasteiger partial charge >= 0.3 is 0 Å². The fourth-order valence-electron chi connectivity index (χ4n) is 2.43. The van der Waals surface area contributed by atoms with Crippen molar-refractivity contribution >= 4 is 0 Å². The molecule has 0 fully saturated rings. The first-order valence-electron chi connectivity index (χ1n) is 9.64. The number of nitrogens with zero attached hydrogens (tertiary/aromatic N) is 1. The van der Waals surface area contributed by atoms with Crippen LogP contribution in [0.2, 0.25) is 0 Å². The number of aliphatic hydroxyl groups excluding tert-OH is 1. The van der Waals surface area contributed by atoms with Gasteiger partial charge in [-0.05, 0) is 57.5 Å². The SMILES string of the molecule is CCCC(O)COc1cccc(CN(CC)C/C=C/C#CC(C)(C)C)c1. The number of benzene rings is 1. The molecule has 1 aromatic carbocycles. The zero-order valence-corrected chi connectivity index (χ0v) is 17.1. The highest BCUT2D eigenvalue weighted by molar-refractivity contribution is 5.28. The van der Waals surface area contributed by atoms with Crippen molar-refractivity contribution in [2.45, 2.75) is 60.1 Å². The van der Waals surface area contributed by atoms with Crippen LogP contribution in [0, 0.1) is 17.3 Å². The molecule has 0 aliphatic rings. The Kier molecular flexibility index (Phi) is 10.1. The summed E-state index contributed by atoms with van der Waals surface area (Å²) in [6.07, 6.45) is 5.40. The molecule has 26 heavy (non-hydrogen) atoms. The number of ether oxygens (including phenoxy) is 1. The molecule has 144 valence electrons. The lowest BCUT2D eigenvalue weighted by Crippen LogP contribution is -2.23. The third-order valence-corrected chi connectivity index (χ3v) is 3.83. The van der Waals surface area contributed by atoms with Crippen LogP contribution < -0.4 is 4.74 Å². The van der Waals surface area contributed by atoms with E-state index < -0.39 is 6.10 Å². The summed E-state index contributed by atoms with van der Waals surface area (Å²) in [5.74, 6) is 7.14. The van der Waals surface area contributed by atoms with Gasteiger partial charge in [-0.25, -0.2) is 0 Å². The van der Waals surface area contributed by atoms with E-state index >= 15 is 0 Å². The minimum atomic E-state index is -0.393. The Hall–Kier alpha value is -1.76. The minimum absolute atomic E-state index is 0.0416. The molecule has 1 unspecified atom stereocenters. The van der Waals surface area contributed by atoms with Gasteiger partial charge in [0.15, 0.2) is 0 Å². The zero-order valence-electron chi connectivity index (χ0n) is 17.1. The highest BCUT2D eigenvalue weighted by Crippen LogP contribution is 2.16. The maximum absolute atomic E-state index is 9.80. The first kappa shape index (κ1) is 22.3. The predicted molar refractivity (Wildman–Crippen MR) is 110 cm³/mol. The summed E-state index contributed by atoms with van der Waals surface area (Å²) >= 11 is 0. The Bertz CT molecular complexity index is 605. The molecular weight excluding hydrogens is 322 g/mol. The number of hydrogen-bond acceptors (Lipinski definition) is 3. The molecule has 1 rings (SSSR count). The molecule has 0 aromatic heterocycles. The summed E-state index contributed by atoms with van der Waals surface area (Å²) in [5.41, 5.74) is 1.25. The van der Waals surface area contributed by atoms with E-state index in [-0.39, 0.29) is 5.41 Å². The van der Waals surface area contributed by atoms with E-state index in [0.717, 1.165) is 38.2 Å². The second kappa shape index (κ2) is 11.8. The molecule has 1 atom stereocenters. The summed E-state index contributed by atoms with van der Waals surface area (Å²) in [6, 6.07) is 8.13. The van der Waals surface area contributed by atoms with Crippen molar-refractivity contribution in [1.82, 2.24) is 4.90 Å². The van der Waals surface area contributed by atoms with Gasteiger partial charge < -0.3 is 9.84 Å². The van der Waals surface area contributed by atoms with Crippen molar-refractivity contribution in [3.63, 3.8) is 0 Å². The van der Waals surface area contributed by atoms with Gasteiger partial charge in [0.1, 0.15) is 12.4 Å². The van der Waals surface area contributed by atoms with Crippen LogP contribution in [-0.4, -0.2) is 35.8 Å². The van der Waals surface area contributed by atoms with E-state index in [4.69, 9.17) is 4.74 Å². The number of allylic oxidation sites excluding steroid dienone is 1. The van der Waals surface area contributed by atoms with E-state index in [9.17, 15) is 5.11 Å². The van der Waals surface area contributed by atoms with Gasteiger partial charge in [-0.1, -0.05) is 50.3 Å². The topological polar surface area (TPSA) is 32.7 Å². The van der Waals surface area contributed by atoms with Gasteiger partial charge in [-0.15, -0.1) is 0 Å². The smallest absolute Gasteiger partial charge is 0.119 e. The molecule has 0 saturated heterocycles. The lowest BCUT2D eigenvalue weighted by Gasteiger charge is -2.19. The zero-order chi connectivity index (χ0) is 19.4. The van der Waals surface area contributed by atoms with E-state index in [0.29, 0.717) is 6.61 Å².